The van der Waals surface area contributed by atoms with E-state index in [1.54, 1.807) is 0 Å². The highest BCUT2D eigenvalue weighted by molar-refractivity contribution is 6.80. The Morgan fingerprint density at radius 2 is 0.750 bits per heavy atom. The zero-order chi connectivity index (χ0) is 39.1. The summed E-state index contributed by atoms with van der Waals surface area (Å²) in [7, 11) is -0.152. The number of aromatic nitrogens is 6. The van der Waals surface area contributed by atoms with Crippen LogP contribution < -0.4 is 14.4 Å². The van der Waals surface area contributed by atoms with Gasteiger partial charge in [-0.15, -0.1) is 0 Å². The molecule has 60 heavy (non-hydrogen) atoms. The molecule has 4 aromatic heterocycles. The van der Waals surface area contributed by atoms with Crippen LogP contribution in [0.5, 0.6) is 0 Å². The molecule has 8 aromatic carbocycles. The summed E-state index contributed by atoms with van der Waals surface area (Å²) in [6, 6.07) is 69.3. The molecular weight excluding hydrogens is 737 g/mol. The van der Waals surface area contributed by atoms with Gasteiger partial charge in [0, 0.05) is 11.4 Å². The van der Waals surface area contributed by atoms with Crippen molar-refractivity contribution < 1.29 is 0 Å². The van der Waals surface area contributed by atoms with Gasteiger partial charge in [0.15, 0.2) is 0 Å². The van der Waals surface area contributed by atoms with Crippen LogP contribution in [-0.2, 0) is 0 Å². The molecule has 2 aliphatic heterocycles. The minimum absolute atomic E-state index is 0.152. The fraction of sp³-hybridized carbons (Fsp3) is 0. The average Bonchev–Trinajstić information content (AvgIpc) is 4.13. The van der Waals surface area contributed by atoms with Crippen LogP contribution in [0.15, 0.2) is 194 Å². The molecule has 0 spiro atoms. The first-order valence-electron chi connectivity index (χ1n) is 20.3. The molecular formula is C50H32BN9. The van der Waals surface area contributed by atoms with Crippen LogP contribution in [0.1, 0.15) is 0 Å². The summed E-state index contributed by atoms with van der Waals surface area (Å²) >= 11 is 0. The van der Waals surface area contributed by atoms with Crippen LogP contribution in [0.4, 0.5) is 34.1 Å². The highest BCUT2D eigenvalue weighted by Gasteiger charge is 2.53. The lowest BCUT2D eigenvalue weighted by Gasteiger charge is -2.31. The largest absolute Gasteiger partial charge is 0.519 e. The molecule has 0 fully saturated rings. The molecule has 10 heteroatoms. The predicted octanol–water partition coefficient (Wildman–Crippen LogP) is 11.6. The second-order valence-electron chi connectivity index (χ2n) is 15.6. The Morgan fingerprint density at radius 1 is 0.300 bits per heavy atom. The molecule has 12 aromatic rings. The van der Waals surface area contributed by atoms with E-state index in [4.69, 9.17) is 9.97 Å². The van der Waals surface area contributed by atoms with Gasteiger partial charge >= 0.3 is 7.12 Å². The van der Waals surface area contributed by atoms with Crippen molar-refractivity contribution in [1.82, 2.24) is 27.9 Å². The molecule has 0 saturated carbocycles. The van der Waals surface area contributed by atoms with Gasteiger partial charge in [-0.3, -0.25) is 17.9 Å². The molecule has 0 amide bonds. The van der Waals surface area contributed by atoms with Gasteiger partial charge in [-0.05, 0) is 109 Å². The Bertz CT molecular complexity index is 3710. The maximum absolute atomic E-state index is 5.32. The second-order valence-corrected chi connectivity index (χ2v) is 15.6. The lowest BCUT2D eigenvalue weighted by atomic mass is 9.86. The Labute approximate surface area is 343 Å². The first-order chi connectivity index (χ1) is 29.8. The van der Waals surface area contributed by atoms with Crippen LogP contribution in [-0.4, -0.2) is 35.0 Å². The van der Waals surface area contributed by atoms with E-state index in [1.165, 1.54) is 17.1 Å². The van der Waals surface area contributed by atoms with E-state index in [2.05, 4.69) is 226 Å². The number of imidazole rings is 4. The molecule has 14 rings (SSSR count). The Hall–Kier alpha value is -8.24. The summed E-state index contributed by atoms with van der Waals surface area (Å²) < 4.78 is 9.17. The summed E-state index contributed by atoms with van der Waals surface area (Å²) in [6.07, 6.45) is 0. The van der Waals surface area contributed by atoms with Gasteiger partial charge in [0.2, 0.25) is 11.6 Å². The van der Waals surface area contributed by atoms with Crippen LogP contribution in [0.25, 0.3) is 67.1 Å². The first kappa shape index (κ1) is 31.8. The number of hydrogen-bond acceptors (Lipinski definition) is 5. The summed E-state index contributed by atoms with van der Waals surface area (Å²) in [5, 5.41) is 0. The van der Waals surface area contributed by atoms with Crippen LogP contribution in [0, 0.1) is 0 Å². The fourth-order valence-corrected chi connectivity index (χ4v) is 10.0. The predicted molar refractivity (Wildman–Crippen MR) is 244 cm³/mol. The first-order valence-corrected chi connectivity index (χ1v) is 20.3. The molecule has 280 valence electrons. The van der Waals surface area contributed by atoms with Gasteiger partial charge in [-0.25, -0.2) is 9.97 Å². The topological polar surface area (TPSA) is 54.2 Å². The van der Waals surface area contributed by atoms with E-state index >= 15 is 0 Å². The van der Waals surface area contributed by atoms with E-state index in [0.717, 1.165) is 84.1 Å². The van der Waals surface area contributed by atoms with Gasteiger partial charge in [0.1, 0.15) is 0 Å². The van der Waals surface area contributed by atoms with Crippen molar-refractivity contribution in [3.05, 3.63) is 194 Å². The maximum atomic E-state index is 5.32. The third-order valence-corrected chi connectivity index (χ3v) is 12.4. The summed E-state index contributed by atoms with van der Waals surface area (Å²) in [5.41, 5.74) is 17.4. The highest BCUT2D eigenvalue weighted by atomic mass is 15.4. The normalized spacial score (nSPS) is 13.5. The average molecular weight is 770 g/mol. The van der Waals surface area contributed by atoms with Crippen molar-refractivity contribution in [2.45, 2.75) is 0 Å². The smallest absolute Gasteiger partial charge is 0.344 e. The number of benzene rings is 8. The van der Waals surface area contributed by atoms with Crippen LogP contribution in [0.3, 0.4) is 0 Å². The zero-order valence-corrected chi connectivity index (χ0v) is 32.1. The minimum atomic E-state index is -0.152. The van der Waals surface area contributed by atoms with Crippen molar-refractivity contribution in [3.8, 4) is 11.4 Å². The van der Waals surface area contributed by atoms with E-state index in [0.29, 0.717) is 0 Å². The molecule has 2 aliphatic rings. The number of nitrogens with zero attached hydrogens (tertiary/aromatic N) is 9. The van der Waals surface area contributed by atoms with Crippen molar-refractivity contribution in [2.24, 2.45) is 0 Å². The molecule has 0 unspecified atom stereocenters. The number of hydrogen-bond donors (Lipinski definition) is 0. The molecule has 0 aliphatic carbocycles. The SMILES string of the molecule is c1ccc(N2B3N(c4ccc5c(c4)n4c6ccccc6nc4n5-c4cccc(-n5c6ccccc6n6c7ccccc7nc56)c4)c4ccccc4N3c3ccccc32)cc1. The molecule has 0 N–H and O–H groups in total. The summed E-state index contributed by atoms with van der Waals surface area (Å²) in [4.78, 5) is 17.9. The molecule has 0 atom stereocenters. The van der Waals surface area contributed by atoms with Gasteiger partial charge < -0.3 is 14.4 Å². The van der Waals surface area contributed by atoms with E-state index in [-0.39, 0.29) is 7.12 Å². The standard InChI is InChI=1S/C50H32BN9/c1-2-15-33(16-3-1)58-44-25-10-12-27-46(44)60-47-28-13-11-26-45(47)59(51(58)60)36-29-30-43-48(32-36)57-40-22-7-5-20-38(40)53-50(57)55(43)35-18-14-17-34(31-35)54-41-23-8-9-24-42(41)56-39-21-6-4-19-37(39)52-49(54)56/h1-32H. The lowest BCUT2D eigenvalue weighted by Crippen LogP contribution is -2.51. The van der Waals surface area contributed by atoms with Crippen molar-refractivity contribution in [3.63, 3.8) is 0 Å². The maximum Gasteiger partial charge on any atom is 0.519 e. The van der Waals surface area contributed by atoms with Crippen molar-refractivity contribution in [1.29, 1.82) is 0 Å². The van der Waals surface area contributed by atoms with Crippen molar-refractivity contribution >= 4 is 96.9 Å². The molecule has 6 heterocycles. The third-order valence-electron chi connectivity index (χ3n) is 12.4. The van der Waals surface area contributed by atoms with Crippen LogP contribution in [0.2, 0.25) is 0 Å². The van der Waals surface area contributed by atoms with Crippen molar-refractivity contribution in [2.75, 3.05) is 14.4 Å². The molecule has 0 bridgehead atoms. The minimum Gasteiger partial charge on any atom is -0.344 e. The Balaban J connectivity index is 0.996. The van der Waals surface area contributed by atoms with E-state index < -0.39 is 0 Å². The van der Waals surface area contributed by atoms with Crippen LogP contribution >= 0.6 is 0 Å². The van der Waals surface area contributed by atoms with Gasteiger partial charge in [0.05, 0.1) is 78.3 Å². The summed E-state index contributed by atoms with van der Waals surface area (Å²) in [6.45, 7) is 0. The zero-order valence-electron chi connectivity index (χ0n) is 32.1. The number of para-hydroxylation sites is 11. The monoisotopic (exact) mass is 769 g/mol. The second kappa shape index (κ2) is 11.7. The van der Waals surface area contributed by atoms with Gasteiger partial charge in [-0.2, -0.15) is 0 Å². The third kappa shape index (κ3) is 4.11. The highest BCUT2D eigenvalue weighted by Crippen LogP contribution is 2.56. The van der Waals surface area contributed by atoms with E-state index in [1.807, 2.05) is 0 Å². The van der Waals surface area contributed by atoms with E-state index in [9.17, 15) is 0 Å². The molecule has 0 saturated heterocycles. The number of fused-ring (bicyclic) bond motifs is 15. The summed E-state index contributed by atoms with van der Waals surface area (Å²) in [5.74, 6) is 1.74. The van der Waals surface area contributed by atoms with Gasteiger partial charge in [0.25, 0.3) is 0 Å². The molecule has 9 nitrogen and oxygen atoms in total. The molecule has 0 radical (unpaired) electrons. The van der Waals surface area contributed by atoms with Gasteiger partial charge in [-0.1, -0.05) is 84.9 Å². The lowest BCUT2D eigenvalue weighted by molar-refractivity contribution is 1.08. The fourth-order valence-electron chi connectivity index (χ4n) is 10.0. The Kier molecular flexibility index (Phi) is 6.19. The number of anilines is 6. The Morgan fingerprint density at radius 3 is 1.37 bits per heavy atom. The number of rotatable bonds is 4. The quantitative estimate of drug-likeness (QED) is 0.167.